The van der Waals surface area contributed by atoms with Crippen LogP contribution in [0.15, 0.2) is 36.5 Å². The van der Waals surface area contributed by atoms with E-state index < -0.39 is 0 Å². The monoisotopic (exact) mass is 234 g/mol. The number of nitrogens with two attached hydrogens (primary N) is 1. The number of halogens is 1. The second-order valence-corrected chi connectivity index (χ2v) is 3.88. The normalized spacial score (nSPS) is 10.1. The molecule has 2 aromatic rings. The maximum atomic E-state index is 5.73. The lowest BCUT2D eigenvalue weighted by Gasteiger charge is -2.08. The van der Waals surface area contributed by atoms with Gasteiger partial charge in [0.05, 0.1) is 5.02 Å². The molecule has 0 fully saturated rings. The predicted molar refractivity (Wildman–Crippen MR) is 64.9 cm³/mol. The van der Waals surface area contributed by atoms with E-state index in [1.807, 2.05) is 19.1 Å². The molecule has 1 heterocycles. The van der Waals surface area contributed by atoms with Gasteiger partial charge in [0.2, 0.25) is 5.88 Å². The molecule has 0 aliphatic rings. The molecule has 0 unspecified atom stereocenters. The van der Waals surface area contributed by atoms with Crippen molar-refractivity contribution in [2.75, 3.05) is 5.73 Å². The fourth-order valence-electron chi connectivity index (χ4n) is 1.32. The third-order valence-electron chi connectivity index (χ3n) is 2.11. The van der Waals surface area contributed by atoms with Crippen molar-refractivity contribution in [3.63, 3.8) is 0 Å². The van der Waals surface area contributed by atoms with Crippen LogP contribution in [0.2, 0.25) is 5.02 Å². The molecule has 2 rings (SSSR count). The number of benzene rings is 1. The Bertz CT molecular complexity index is 497. The summed E-state index contributed by atoms with van der Waals surface area (Å²) >= 11 is 5.73. The van der Waals surface area contributed by atoms with Crippen LogP contribution < -0.4 is 10.5 Å². The minimum Gasteiger partial charge on any atom is -0.439 e. The van der Waals surface area contributed by atoms with Gasteiger partial charge in [0.1, 0.15) is 5.75 Å². The van der Waals surface area contributed by atoms with Gasteiger partial charge >= 0.3 is 0 Å². The first kappa shape index (κ1) is 10.8. The molecule has 0 atom stereocenters. The Labute approximate surface area is 98.8 Å². The van der Waals surface area contributed by atoms with Gasteiger partial charge in [-0.3, -0.25) is 0 Å². The fraction of sp³-hybridized carbons (Fsp3) is 0.0833. The number of aryl methyl sites for hydroxylation is 1. The summed E-state index contributed by atoms with van der Waals surface area (Å²) in [6.07, 6.45) is 1.55. The molecule has 16 heavy (non-hydrogen) atoms. The second-order valence-electron chi connectivity index (χ2n) is 3.44. The second kappa shape index (κ2) is 4.41. The van der Waals surface area contributed by atoms with E-state index in [4.69, 9.17) is 22.1 Å². The van der Waals surface area contributed by atoms with Crippen molar-refractivity contribution in [2.45, 2.75) is 6.92 Å². The Morgan fingerprint density at radius 3 is 2.69 bits per heavy atom. The number of nitrogens with zero attached hydrogens (tertiary/aromatic N) is 1. The lowest BCUT2D eigenvalue weighted by molar-refractivity contribution is 0.459. The van der Waals surface area contributed by atoms with Crippen LogP contribution in [-0.4, -0.2) is 4.98 Å². The lowest BCUT2D eigenvalue weighted by Crippen LogP contribution is -1.91. The van der Waals surface area contributed by atoms with Gasteiger partial charge in [-0.15, -0.1) is 0 Å². The minimum atomic E-state index is 0.511. The molecule has 1 aromatic heterocycles. The molecular weight excluding hydrogens is 224 g/mol. The highest BCUT2D eigenvalue weighted by atomic mass is 35.5. The highest BCUT2D eigenvalue weighted by Crippen LogP contribution is 2.25. The highest BCUT2D eigenvalue weighted by molar-refractivity contribution is 6.30. The molecule has 0 saturated heterocycles. The van der Waals surface area contributed by atoms with Crippen LogP contribution in [0.5, 0.6) is 11.6 Å². The first-order valence-electron chi connectivity index (χ1n) is 4.81. The van der Waals surface area contributed by atoms with Crippen LogP contribution in [-0.2, 0) is 0 Å². The van der Waals surface area contributed by atoms with Crippen LogP contribution in [0.4, 0.5) is 5.69 Å². The number of nitrogen functional groups attached to an aromatic ring is 1. The van der Waals surface area contributed by atoms with Crippen LogP contribution in [0.3, 0.4) is 0 Å². The lowest BCUT2D eigenvalue weighted by atomic mass is 10.2. The Balaban J connectivity index is 2.23. The van der Waals surface area contributed by atoms with Gasteiger partial charge in [-0.1, -0.05) is 11.6 Å². The minimum absolute atomic E-state index is 0.511. The summed E-state index contributed by atoms with van der Waals surface area (Å²) in [5.74, 6) is 1.25. The fourth-order valence-corrected chi connectivity index (χ4v) is 1.43. The van der Waals surface area contributed by atoms with Crippen LogP contribution in [0.1, 0.15) is 5.56 Å². The predicted octanol–water partition coefficient (Wildman–Crippen LogP) is 3.42. The average molecular weight is 235 g/mol. The standard InChI is InChI=1S/C12H11ClN2O/c1-8-6-10(14)3-4-11(8)16-12-5-2-9(13)7-15-12/h2-7H,14H2,1H3. The van der Waals surface area contributed by atoms with Gasteiger partial charge in [-0.05, 0) is 36.8 Å². The molecule has 4 heteroatoms. The van der Waals surface area contributed by atoms with Crippen molar-refractivity contribution in [3.8, 4) is 11.6 Å². The SMILES string of the molecule is Cc1cc(N)ccc1Oc1ccc(Cl)cn1. The number of aromatic nitrogens is 1. The Kier molecular flexibility index (Phi) is 2.97. The zero-order valence-corrected chi connectivity index (χ0v) is 9.53. The summed E-state index contributed by atoms with van der Waals surface area (Å²) < 4.78 is 5.59. The molecular formula is C12H11ClN2O. The maximum absolute atomic E-state index is 5.73. The number of hydrogen-bond donors (Lipinski definition) is 1. The average Bonchev–Trinajstić information content (AvgIpc) is 2.25. The molecule has 0 saturated carbocycles. The van der Waals surface area contributed by atoms with Crippen LogP contribution >= 0.6 is 11.6 Å². The number of rotatable bonds is 2. The topological polar surface area (TPSA) is 48.1 Å². The van der Waals surface area contributed by atoms with E-state index in [-0.39, 0.29) is 0 Å². The number of hydrogen-bond acceptors (Lipinski definition) is 3. The van der Waals surface area contributed by atoms with Gasteiger partial charge in [-0.25, -0.2) is 4.98 Å². The number of pyridine rings is 1. The molecule has 82 valence electrons. The summed E-state index contributed by atoms with van der Waals surface area (Å²) in [5.41, 5.74) is 7.34. The van der Waals surface area contributed by atoms with Gasteiger partial charge in [0.15, 0.2) is 0 Å². The van der Waals surface area contributed by atoms with Gasteiger partial charge in [0.25, 0.3) is 0 Å². The zero-order chi connectivity index (χ0) is 11.5. The molecule has 2 N–H and O–H groups in total. The highest BCUT2D eigenvalue weighted by Gasteiger charge is 2.02. The van der Waals surface area contributed by atoms with E-state index in [0.29, 0.717) is 16.6 Å². The quantitative estimate of drug-likeness (QED) is 0.810. The molecule has 3 nitrogen and oxygen atoms in total. The molecule has 0 aliphatic heterocycles. The first-order chi connectivity index (χ1) is 7.65. The molecule has 0 spiro atoms. The van der Waals surface area contributed by atoms with Crippen molar-refractivity contribution in [3.05, 3.63) is 47.1 Å². The smallest absolute Gasteiger partial charge is 0.219 e. The van der Waals surface area contributed by atoms with Gasteiger partial charge in [-0.2, -0.15) is 0 Å². The molecule has 0 radical (unpaired) electrons. The van der Waals surface area contributed by atoms with Crippen LogP contribution in [0, 0.1) is 6.92 Å². The zero-order valence-electron chi connectivity index (χ0n) is 8.77. The van der Waals surface area contributed by atoms with Crippen molar-refractivity contribution < 1.29 is 4.74 Å². The van der Waals surface area contributed by atoms with E-state index in [9.17, 15) is 0 Å². The Morgan fingerprint density at radius 2 is 2.06 bits per heavy atom. The molecule has 0 bridgehead atoms. The van der Waals surface area contributed by atoms with Crippen LogP contribution in [0.25, 0.3) is 0 Å². The van der Waals surface area contributed by atoms with Crippen molar-refractivity contribution in [2.24, 2.45) is 0 Å². The van der Waals surface area contributed by atoms with E-state index in [0.717, 1.165) is 11.3 Å². The van der Waals surface area contributed by atoms with E-state index in [1.165, 1.54) is 0 Å². The summed E-state index contributed by atoms with van der Waals surface area (Å²) in [6.45, 7) is 1.93. The number of ether oxygens (including phenoxy) is 1. The molecule has 0 aliphatic carbocycles. The van der Waals surface area contributed by atoms with Crippen molar-refractivity contribution >= 4 is 17.3 Å². The summed E-state index contributed by atoms with van der Waals surface area (Å²) in [5, 5.41) is 0.585. The Morgan fingerprint density at radius 1 is 1.25 bits per heavy atom. The van der Waals surface area contributed by atoms with Crippen molar-refractivity contribution in [1.29, 1.82) is 0 Å². The van der Waals surface area contributed by atoms with E-state index in [1.54, 1.807) is 24.4 Å². The van der Waals surface area contributed by atoms with E-state index in [2.05, 4.69) is 4.98 Å². The summed E-state index contributed by atoms with van der Waals surface area (Å²) in [6, 6.07) is 8.92. The third kappa shape index (κ3) is 2.44. The van der Waals surface area contributed by atoms with Gasteiger partial charge < -0.3 is 10.5 Å². The third-order valence-corrected chi connectivity index (χ3v) is 2.34. The van der Waals surface area contributed by atoms with E-state index >= 15 is 0 Å². The number of anilines is 1. The largest absolute Gasteiger partial charge is 0.439 e. The van der Waals surface area contributed by atoms with Gasteiger partial charge in [0, 0.05) is 18.0 Å². The molecule has 1 aromatic carbocycles. The maximum Gasteiger partial charge on any atom is 0.219 e. The van der Waals surface area contributed by atoms with Crippen molar-refractivity contribution in [1.82, 2.24) is 4.98 Å². The first-order valence-corrected chi connectivity index (χ1v) is 5.18. The summed E-state index contributed by atoms with van der Waals surface area (Å²) in [4.78, 5) is 4.05. The summed E-state index contributed by atoms with van der Waals surface area (Å²) in [7, 11) is 0. The molecule has 0 amide bonds. The Hall–Kier alpha value is -1.74.